The predicted molar refractivity (Wildman–Crippen MR) is 77.1 cm³/mol. The number of piperidine rings is 1. The molecule has 21 heavy (non-hydrogen) atoms. The molecule has 2 aliphatic heterocycles. The van der Waals surface area contributed by atoms with Crippen molar-refractivity contribution in [2.24, 2.45) is 5.92 Å². The highest BCUT2D eigenvalue weighted by Gasteiger charge is 2.29. The van der Waals surface area contributed by atoms with Crippen LogP contribution in [-0.2, 0) is 4.79 Å². The van der Waals surface area contributed by atoms with Crippen LogP contribution in [0.5, 0.6) is 0 Å². The molecular formula is C15H17N3O3. The first-order valence-electron chi connectivity index (χ1n) is 7.10. The van der Waals surface area contributed by atoms with Crippen molar-refractivity contribution in [3.8, 4) is 0 Å². The van der Waals surface area contributed by atoms with Crippen molar-refractivity contribution >= 4 is 23.4 Å². The Kier molecular flexibility index (Phi) is 3.47. The van der Waals surface area contributed by atoms with E-state index in [-0.39, 0.29) is 17.9 Å². The van der Waals surface area contributed by atoms with Crippen LogP contribution in [0.4, 0.5) is 5.69 Å². The van der Waals surface area contributed by atoms with E-state index < -0.39 is 11.8 Å². The van der Waals surface area contributed by atoms with Crippen LogP contribution in [0.25, 0.3) is 0 Å². The van der Waals surface area contributed by atoms with Gasteiger partial charge in [-0.3, -0.25) is 19.7 Å². The molecule has 3 N–H and O–H groups in total. The Balaban J connectivity index is 1.76. The fraction of sp³-hybridized carbons (Fsp3) is 0.400. The van der Waals surface area contributed by atoms with E-state index >= 15 is 0 Å². The molecular weight excluding hydrogens is 270 g/mol. The van der Waals surface area contributed by atoms with Gasteiger partial charge in [0.15, 0.2) is 0 Å². The summed E-state index contributed by atoms with van der Waals surface area (Å²) in [6.07, 6.45) is 1.83. The number of anilines is 1. The number of fused-ring (bicyclic) bond motifs is 1. The minimum absolute atomic E-state index is 0.0561. The molecule has 6 nitrogen and oxygen atoms in total. The Labute approximate surface area is 122 Å². The van der Waals surface area contributed by atoms with Crippen molar-refractivity contribution < 1.29 is 14.4 Å². The highest BCUT2D eigenvalue weighted by atomic mass is 16.2. The van der Waals surface area contributed by atoms with Gasteiger partial charge in [0.1, 0.15) is 0 Å². The molecule has 3 amide bonds. The summed E-state index contributed by atoms with van der Waals surface area (Å²) in [7, 11) is 0. The molecule has 1 fully saturated rings. The van der Waals surface area contributed by atoms with E-state index in [0.29, 0.717) is 16.8 Å². The lowest BCUT2D eigenvalue weighted by molar-refractivity contribution is -0.121. The van der Waals surface area contributed by atoms with Gasteiger partial charge < -0.3 is 10.6 Å². The quantitative estimate of drug-likeness (QED) is 0.705. The van der Waals surface area contributed by atoms with Crippen LogP contribution in [0.2, 0.25) is 0 Å². The second-order valence-corrected chi connectivity index (χ2v) is 5.52. The normalized spacial score (nSPS) is 24.4. The van der Waals surface area contributed by atoms with Gasteiger partial charge in [-0.2, -0.15) is 0 Å². The monoisotopic (exact) mass is 287 g/mol. The number of amides is 3. The summed E-state index contributed by atoms with van der Waals surface area (Å²) >= 11 is 0. The van der Waals surface area contributed by atoms with Gasteiger partial charge in [0.05, 0.1) is 17.0 Å². The molecule has 110 valence electrons. The second kappa shape index (κ2) is 5.29. The Morgan fingerprint density at radius 3 is 2.76 bits per heavy atom. The van der Waals surface area contributed by atoms with Crippen molar-refractivity contribution in [3.63, 3.8) is 0 Å². The molecule has 0 aliphatic carbocycles. The van der Waals surface area contributed by atoms with E-state index in [1.165, 1.54) is 0 Å². The first-order chi connectivity index (χ1) is 10.1. The third-order valence-corrected chi connectivity index (χ3v) is 4.10. The summed E-state index contributed by atoms with van der Waals surface area (Å²) in [5, 5.41) is 8.35. The lowest BCUT2D eigenvalue weighted by Crippen LogP contribution is -2.44. The van der Waals surface area contributed by atoms with E-state index in [1.807, 2.05) is 6.92 Å². The van der Waals surface area contributed by atoms with Crippen LogP contribution in [0, 0.1) is 5.92 Å². The molecule has 1 aromatic rings. The van der Waals surface area contributed by atoms with Crippen LogP contribution in [-0.4, -0.2) is 30.3 Å². The topological polar surface area (TPSA) is 87.3 Å². The Morgan fingerprint density at radius 1 is 1.24 bits per heavy atom. The zero-order chi connectivity index (χ0) is 15.0. The van der Waals surface area contributed by atoms with Crippen LogP contribution in [0.15, 0.2) is 18.2 Å². The van der Waals surface area contributed by atoms with Crippen molar-refractivity contribution in [1.29, 1.82) is 0 Å². The van der Waals surface area contributed by atoms with Gasteiger partial charge in [-0.1, -0.05) is 0 Å². The van der Waals surface area contributed by atoms with Gasteiger partial charge in [-0.05, 0) is 44.5 Å². The van der Waals surface area contributed by atoms with Gasteiger partial charge in [-0.25, -0.2) is 0 Å². The fourth-order valence-corrected chi connectivity index (χ4v) is 2.88. The maximum atomic E-state index is 12.3. The maximum absolute atomic E-state index is 12.3. The number of hydrogen-bond donors (Lipinski definition) is 3. The standard InChI is InChI=1S/C15H17N3O3/c1-8-10(3-2-6-16-8)13(19)17-9-4-5-11-12(7-9)15(21)18-14(11)20/h4-5,7-8,10,16H,2-3,6H2,1H3,(H,17,19)(H,18,20,21). The Hall–Kier alpha value is -2.21. The third-order valence-electron chi connectivity index (χ3n) is 4.10. The average molecular weight is 287 g/mol. The molecule has 2 aliphatic rings. The average Bonchev–Trinajstić information content (AvgIpc) is 2.74. The van der Waals surface area contributed by atoms with Gasteiger partial charge in [-0.15, -0.1) is 0 Å². The minimum atomic E-state index is -0.418. The van der Waals surface area contributed by atoms with E-state index in [1.54, 1.807) is 18.2 Å². The van der Waals surface area contributed by atoms with E-state index in [2.05, 4.69) is 16.0 Å². The van der Waals surface area contributed by atoms with Gasteiger partial charge in [0.2, 0.25) is 5.91 Å². The first-order valence-corrected chi connectivity index (χ1v) is 7.10. The molecule has 2 heterocycles. The van der Waals surface area contributed by atoms with Crippen molar-refractivity contribution in [3.05, 3.63) is 29.3 Å². The molecule has 0 saturated carbocycles. The van der Waals surface area contributed by atoms with Crippen LogP contribution in [0.3, 0.4) is 0 Å². The summed E-state index contributed by atoms with van der Waals surface area (Å²) < 4.78 is 0. The number of rotatable bonds is 2. The fourth-order valence-electron chi connectivity index (χ4n) is 2.88. The Bertz CT molecular complexity index is 627. The van der Waals surface area contributed by atoms with Crippen molar-refractivity contribution in [2.75, 3.05) is 11.9 Å². The summed E-state index contributed by atoms with van der Waals surface area (Å²) in [5.74, 6) is -0.946. The summed E-state index contributed by atoms with van der Waals surface area (Å²) in [6.45, 7) is 2.93. The van der Waals surface area contributed by atoms with Crippen LogP contribution >= 0.6 is 0 Å². The predicted octanol–water partition coefficient (Wildman–Crippen LogP) is 0.897. The smallest absolute Gasteiger partial charge is 0.259 e. The van der Waals surface area contributed by atoms with E-state index in [9.17, 15) is 14.4 Å². The number of nitrogens with one attached hydrogen (secondary N) is 3. The highest BCUT2D eigenvalue weighted by molar-refractivity contribution is 6.22. The maximum Gasteiger partial charge on any atom is 0.259 e. The lowest BCUT2D eigenvalue weighted by Gasteiger charge is -2.28. The minimum Gasteiger partial charge on any atom is -0.326 e. The third kappa shape index (κ3) is 2.54. The molecule has 0 spiro atoms. The zero-order valence-electron chi connectivity index (χ0n) is 11.7. The number of imide groups is 1. The summed E-state index contributed by atoms with van der Waals surface area (Å²) in [4.78, 5) is 35.4. The summed E-state index contributed by atoms with van der Waals surface area (Å²) in [5.41, 5.74) is 1.21. The van der Waals surface area contributed by atoms with E-state index in [0.717, 1.165) is 19.4 Å². The molecule has 3 rings (SSSR count). The first kappa shape index (κ1) is 13.8. The molecule has 6 heteroatoms. The second-order valence-electron chi connectivity index (χ2n) is 5.52. The van der Waals surface area contributed by atoms with Gasteiger partial charge >= 0.3 is 0 Å². The number of carbonyl (C=O) groups is 3. The van der Waals surface area contributed by atoms with Crippen molar-refractivity contribution in [2.45, 2.75) is 25.8 Å². The largest absolute Gasteiger partial charge is 0.326 e. The Morgan fingerprint density at radius 2 is 2.00 bits per heavy atom. The molecule has 1 saturated heterocycles. The zero-order valence-corrected chi connectivity index (χ0v) is 11.7. The summed E-state index contributed by atoms with van der Waals surface area (Å²) in [6, 6.07) is 4.90. The molecule has 2 atom stereocenters. The van der Waals surface area contributed by atoms with Crippen LogP contribution < -0.4 is 16.0 Å². The molecule has 0 aromatic heterocycles. The van der Waals surface area contributed by atoms with Gasteiger partial charge in [0, 0.05) is 11.7 Å². The van der Waals surface area contributed by atoms with E-state index in [4.69, 9.17) is 0 Å². The number of hydrogen-bond acceptors (Lipinski definition) is 4. The lowest BCUT2D eigenvalue weighted by atomic mass is 9.91. The highest BCUT2D eigenvalue weighted by Crippen LogP contribution is 2.22. The SMILES string of the molecule is CC1NCCCC1C(=O)Nc1ccc2c(c1)C(=O)NC2=O. The molecule has 1 aromatic carbocycles. The van der Waals surface area contributed by atoms with Gasteiger partial charge in [0.25, 0.3) is 11.8 Å². The molecule has 0 bridgehead atoms. The van der Waals surface area contributed by atoms with Crippen LogP contribution in [0.1, 0.15) is 40.5 Å². The number of benzene rings is 1. The molecule has 2 unspecified atom stereocenters. The molecule has 0 radical (unpaired) electrons. The van der Waals surface area contributed by atoms with Crippen molar-refractivity contribution in [1.82, 2.24) is 10.6 Å². The number of carbonyl (C=O) groups excluding carboxylic acids is 3.